The minimum atomic E-state index is -1.41. The Balaban J connectivity index is 2.73. The van der Waals surface area contributed by atoms with Gasteiger partial charge in [0, 0.05) is 0 Å². The predicted octanol–water partition coefficient (Wildman–Crippen LogP) is -1.53. The van der Waals surface area contributed by atoms with Crippen LogP contribution < -0.4 is 0 Å². The van der Waals surface area contributed by atoms with Crippen molar-refractivity contribution in [3.8, 4) is 0 Å². The van der Waals surface area contributed by atoms with E-state index in [0.717, 1.165) is 0 Å². The fourth-order valence-corrected chi connectivity index (χ4v) is 0. The molecule has 22 valence electrons. The quantitative estimate of drug-likeness (QED) is 0.408. The summed E-state index contributed by atoms with van der Waals surface area (Å²) in [7, 11) is -0.867. The molecule has 0 heterocycles. The first-order chi connectivity index (χ1) is 1.91. The van der Waals surface area contributed by atoms with Crippen LogP contribution in [-0.2, 0) is 8.24 Å². The zero-order valence-corrected chi connectivity index (χ0v) is 5.55. The SMILES string of the molecule is O=[SiH][GeH]=[O]. The van der Waals surface area contributed by atoms with Crippen LogP contribution in [-0.4, -0.2) is 22.6 Å². The first kappa shape index (κ1) is 4.36. The van der Waals surface area contributed by atoms with E-state index in [-0.39, 0.29) is 0 Å². The van der Waals surface area contributed by atoms with Crippen molar-refractivity contribution in [3.05, 3.63) is 0 Å². The molecule has 0 aromatic carbocycles. The zero-order chi connectivity index (χ0) is 3.41. The van der Waals surface area contributed by atoms with Gasteiger partial charge < -0.3 is 0 Å². The van der Waals surface area contributed by atoms with E-state index in [9.17, 15) is 3.78 Å². The van der Waals surface area contributed by atoms with E-state index >= 15 is 0 Å². The third kappa shape index (κ3) is 2.36. The zero-order valence-electron chi connectivity index (χ0n) is 1.97. The van der Waals surface area contributed by atoms with E-state index < -0.39 is 22.6 Å². The summed E-state index contributed by atoms with van der Waals surface area (Å²) in [6.45, 7) is 0. The molecule has 0 aromatic heterocycles. The molecule has 0 aromatic rings. The molecule has 0 aliphatic carbocycles. The average Bonchev–Trinajstić information content (AvgIpc) is 1.37. The Morgan fingerprint density at radius 2 is 2.00 bits per heavy atom. The molecule has 0 saturated heterocycles. The summed E-state index contributed by atoms with van der Waals surface area (Å²) in [4.78, 5) is 0. The maximum atomic E-state index is 9.18. The van der Waals surface area contributed by atoms with Crippen LogP contribution in [0.15, 0.2) is 0 Å². The summed E-state index contributed by atoms with van der Waals surface area (Å²) in [5, 5.41) is 0. The molecule has 0 atom stereocenters. The maximum absolute atomic E-state index is 9.18. The molecule has 0 N–H and O–H groups in total. The topological polar surface area (TPSA) is 34.1 Å². The number of hydrogen-bond donors (Lipinski definition) is 0. The molecule has 0 aliphatic rings. The molecule has 0 spiro atoms. The van der Waals surface area contributed by atoms with E-state index in [1.165, 1.54) is 0 Å². The van der Waals surface area contributed by atoms with Crippen LogP contribution in [0.1, 0.15) is 0 Å². The van der Waals surface area contributed by atoms with Crippen molar-refractivity contribution in [2.45, 2.75) is 0 Å². The van der Waals surface area contributed by atoms with Crippen molar-refractivity contribution in [2.75, 3.05) is 0 Å². The fourth-order valence-electron chi connectivity index (χ4n) is 0. The van der Waals surface area contributed by atoms with Crippen molar-refractivity contribution in [2.24, 2.45) is 0 Å². The van der Waals surface area contributed by atoms with Crippen molar-refractivity contribution in [1.29, 1.82) is 0 Å². The van der Waals surface area contributed by atoms with Gasteiger partial charge in [-0.2, -0.15) is 0 Å². The van der Waals surface area contributed by atoms with Crippen molar-refractivity contribution < 1.29 is 8.24 Å². The van der Waals surface area contributed by atoms with Gasteiger partial charge in [-0.25, -0.2) is 0 Å². The summed E-state index contributed by atoms with van der Waals surface area (Å²) in [6.07, 6.45) is 0. The van der Waals surface area contributed by atoms with Crippen molar-refractivity contribution in [3.63, 3.8) is 0 Å². The van der Waals surface area contributed by atoms with Crippen LogP contribution in [0.5, 0.6) is 0 Å². The Kier molecular flexibility index (Phi) is 3.66. The summed E-state index contributed by atoms with van der Waals surface area (Å²) in [5.74, 6) is 0. The predicted molar refractivity (Wildman–Crippen MR) is 15.7 cm³/mol. The second kappa shape index (κ2) is 3.36. The van der Waals surface area contributed by atoms with Crippen LogP contribution in [0.4, 0.5) is 0 Å². The van der Waals surface area contributed by atoms with E-state index in [1.54, 1.807) is 0 Å². The summed E-state index contributed by atoms with van der Waals surface area (Å²) in [6, 6.07) is 0. The van der Waals surface area contributed by atoms with E-state index in [0.29, 0.717) is 0 Å². The molecule has 4 heteroatoms. The fraction of sp³-hybridized carbons (Fsp3) is 0. The summed E-state index contributed by atoms with van der Waals surface area (Å²) < 4.78 is 18.3. The average molecular weight is 135 g/mol. The van der Waals surface area contributed by atoms with E-state index in [2.05, 4.69) is 0 Å². The van der Waals surface area contributed by atoms with Crippen molar-refractivity contribution >= 4 is 22.6 Å². The van der Waals surface area contributed by atoms with E-state index in [1.807, 2.05) is 0 Å². The first-order valence-electron chi connectivity index (χ1n) is 0.805. The third-order valence-electron chi connectivity index (χ3n) is 0.0556. The van der Waals surface area contributed by atoms with Crippen LogP contribution in [0.2, 0.25) is 0 Å². The molecule has 0 radical (unpaired) electrons. The number of hydrogen-bond acceptors (Lipinski definition) is 2. The Bertz CT molecular complexity index is 27.0. The molecule has 2 nitrogen and oxygen atoms in total. The second-order valence-electron chi connectivity index (χ2n) is 0.272. The van der Waals surface area contributed by atoms with Crippen LogP contribution in [0.3, 0.4) is 0 Å². The van der Waals surface area contributed by atoms with Gasteiger partial charge in [-0.05, 0) is 0 Å². The summed E-state index contributed by atoms with van der Waals surface area (Å²) >= 11 is -1.41. The molecule has 0 amide bonds. The van der Waals surface area contributed by atoms with Gasteiger partial charge in [-0.15, -0.1) is 0 Å². The molecule has 0 fully saturated rings. The first-order valence-corrected chi connectivity index (χ1v) is 7.13. The molecule has 4 heavy (non-hydrogen) atoms. The Morgan fingerprint density at radius 1 is 1.75 bits per heavy atom. The number of rotatable bonds is 1. The van der Waals surface area contributed by atoms with Gasteiger partial charge in [0.1, 0.15) is 0 Å². The van der Waals surface area contributed by atoms with Gasteiger partial charge in [-0.3, -0.25) is 0 Å². The Labute approximate surface area is 31.6 Å². The van der Waals surface area contributed by atoms with Gasteiger partial charge in [0.2, 0.25) is 0 Å². The third-order valence-corrected chi connectivity index (χ3v) is 0.866. The molecule has 0 rings (SSSR count). The molecular formula is H2GeO2Si. The Hall–Kier alpha value is 0.360. The van der Waals surface area contributed by atoms with Crippen molar-refractivity contribution in [1.82, 2.24) is 0 Å². The molecule has 0 saturated carbocycles. The van der Waals surface area contributed by atoms with Gasteiger partial charge in [0.15, 0.2) is 0 Å². The standard InChI is InChI=1S/GeH2O2Si/c2-1-4-3/h1,4H. The van der Waals surface area contributed by atoms with Gasteiger partial charge in [0.05, 0.1) is 0 Å². The summed E-state index contributed by atoms with van der Waals surface area (Å²) in [5.41, 5.74) is 0. The van der Waals surface area contributed by atoms with E-state index in [4.69, 9.17) is 4.46 Å². The van der Waals surface area contributed by atoms with Gasteiger partial charge >= 0.3 is 30.9 Å². The van der Waals surface area contributed by atoms with Gasteiger partial charge in [-0.1, -0.05) is 0 Å². The Morgan fingerprint density at radius 3 is 2.00 bits per heavy atom. The van der Waals surface area contributed by atoms with Crippen LogP contribution in [0, 0.1) is 0 Å². The monoisotopic (exact) mass is 136 g/mol. The van der Waals surface area contributed by atoms with Crippen LogP contribution in [0.25, 0.3) is 0 Å². The molecular weight excluding hydrogens is 133 g/mol. The normalized spacial score (nSPS) is 5.00. The van der Waals surface area contributed by atoms with Gasteiger partial charge in [0.25, 0.3) is 0 Å². The molecule has 0 aliphatic heterocycles. The molecule has 0 unspecified atom stereocenters. The van der Waals surface area contributed by atoms with Crippen LogP contribution >= 0.6 is 0 Å². The molecule has 0 bridgehead atoms. The second-order valence-corrected chi connectivity index (χ2v) is 4.24. The minimum absolute atomic E-state index is 0.867.